The zero-order valence-electron chi connectivity index (χ0n) is 10.9. The molecule has 0 spiro atoms. The Kier molecular flexibility index (Phi) is 4.24. The van der Waals surface area contributed by atoms with Crippen LogP contribution in [0.5, 0.6) is 0 Å². The number of ether oxygens (including phenoxy) is 1. The van der Waals surface area contributed by atoms with E-state index in [-0.39, 0.29) is 24.4 Å². The van der Waals surface area contributed by atoms with E-state index in [1.807, 2.05) is 0 Å². The first-order valence-corrected chi connectivity index (χ1v) is 6.09. The third-order valence-corrected chi connectivity index (χ3v) is 2.63. The first kappa shape index (κ1) is 13.9. The molecule has 20 heavy (non-hydrogen) atoms. The summed E-state index contributed by atoms with van der Waals surface area (Å²) in [5.74, 6) is -0.974. The number of rotatable bonds is 4. The van der Waals surface area contributed by atoms with Crippen LogP contribution in [0.3, 0.4) is 0 Å². The summed E-state index contributed by atoms with van der Waals surface area (Å²) in [6, 6.07) is 7.23. The molecule has 0 saturated carbocycles. The molecule has 104 valence electrons. The maximum atomic E-state index is 13.6. The molecule has 0 aliphatic rings. The van der Waals surface area contributed by atoms with E-state index in [1.54, 1.807) is 19.1 Å². The molecule has 0 radical (unpaired) electrons. The van der Waals surface area contributed by atoms with Gasteiger partial charge in [0.25, 0.3) is 5.56 Å². The summed E-state index contributed by atoms with van der Waals surface area (Å²) in [6.07, 6.45) is 1.21. The highest BCUT2D eigenvalue weighted by molar-refractivity contribution is 5.69. The lowest BCUT2D eigenvalue weighted by Crippen LogP contribution is -2.25. The number of hydrogen-bond acceptors (Lipinski definition) is 4. The topological polar surface area (TPSA) is 61.2 Å². The lowest BCUT2D eigenvalue weighted by Gasteiger charge is -2.06. The van der Waals surface area contributed by atoms with Crippen LogP contribution in [0.1, 0.15) is 6.92 Å². The fraction of sp³-hybridized carbons (Fsp3) is 0.214. The van der Waals surface area contributed by atoms with E-state index >= 15 is 0 Å². The van der Waals surface area contributed by atoms with Gasteiger partial charge in [-0.1, -0.05) is 12.1 Å². The molecule has 0 bridgehead atoms. The van der Waals surface area contributed by atoms with Gasteiger partial charge in [0.1, 0.15) is 12.4 Å². The number of carbonyl (C=O) groups excluding carboxylic acids is 1. The average molecular weight is 276 g/mol. The van der Waals surface area contributed by atoms with Crippen molar-refractivity contribution < 1.29 is 13.9 Å². The number of aromatic nitrogens is 2. The minimum Gasteiger partial charge on any atom is -0.465 e. The highest BCUT2D eigenvalue weighted by Crippen LogP contribution is 2.18. The normalized spacial score (nSPS) is 10.3. The molecular formula is C14H13FN2O3. The molecule has 0 unspecified atom stereocenters. The highest BCUT2D eigenvalue weighted by Gasteiger charge is 2.09. The number of carbonyl (C=O) groups is 1. The first-order valence-electron chi connectivity index (χ1n) is 6.09. The first-order chi connectivity index (χ1) is 9.61. The van der Waals surface area contributed by atoms with Gasteiger partial charge in [-0.15, -0.1) is 0 Å². The van der Waals surface area contributed by atoms with Crippen molar-refractivity contribution >= 4 is 5.97 Å². The highest BCUT2D eigenvalue weighted by atomic mass is 19.1. The Morgan fingerprint density at radius 2 is 2.15 bits per heavy atom. The van der Waals surface area contributed by atoms with Crippen molar-refractivity contribution in [1.29, 1.82) is 0 Å². The van der Waals surface area contributed by atoms with Crippen LogP contribution in [0.15, 0.2) is 41.5 Å². The molecule has 0 amide bonds. The zero-order valence-corrected chi connectivity index (χ0v) is 10.9. The van der Waals surface area contributed by atoms with Gasteiger partial charge in [0.2, 0.25) is 0 Å². The molecule has 0 aliphatic carbocycles. The Balaban J connectivity index is 2.29. The Hall–Kier alpha value is -2.50. The second kappa shape index (κ2) is 6.10. The van der Waals surface area contributed by atoms with E-state index in [1.165, 1.54) is 24.5 Å². The van der Waals surface area contributed by atoms with Crippen molar-refractivity contribution in [2.24, 2.45) is 0 Å². The Morgan fingerprint density at radius 3 is 2.80 bits per heavy atom. The fourth-order valence-corrected chi connectivity index (χ4v) is 1.71. The molecule has 0 fully saturated rings. The molecule has 0 atom stereocenters. The van der Waals surface area contributed by atoms with Crippen LogP contribution in [-0.2, 0) is 16.1 Å². The smallest absolute Gasteiger partial charge is 0.326 e. The van der Waals surface area contributed by atoms with Gasteiger partial charge >= 0.3 is 5.97 Å². The molecule has 2 rings (SSSR count). The molecule has 0 N–H and O–H groups in total. The van der Waals surface area contributed by atoms with Crippen LogP contribution >= 0.6 is 0 Å². The summed E-state index contributed by atoms with van der Waals surface area (Å²) < 4.78 is 19.5. The van der Waals surface area contributed by atoms with Gasteiger partial charge in [0, 0.05) is 11.6 Å². The predicted molar refractivity (Wildman–Crippen MR) is 70.5 cm³/mol. The van der Waals surface area contributed by atoms with Gasteiger partial charge in [0.15, 0.2) is 0 Å². The number of benzene rings is 1. The van der Waals surface area contributed by atoms with Crippen molar-refractivity contribution in [2.75, 3.05) is 6.61 Å². The second-order valence-corrected chi connectivity index (χ2v) is 4.03. The van der Waals surface area contributed by atoms with E-state index in [0.29, 0.717) is 0 Å². The maximum Gasteiger partial charge on any atom is 0.326 e. The molecule has 2 aromatic rings. The van der Waals surface area contributed by atoms with Gasteiger partial charge in [-0.05, 0) is 19.1 Å². The van der Waals surface area contributed by atoms with Crippen LogP contribution in [-0.4, -0.2) is 22.1 Å². The second-order valence-electron chi connectivity index (χ2n) is 4.03. The monoisotopic (exact) mass is 276 g/mol. The van der Waals surface area contributed by atoms with Crippen molar-refractivity contribution in [3.8, 4) is 11.3 Å². The van der Waals surface area contributed by atoms with Crippen LogP contribution in [0.25, 0.3) is 11.3 Å². The van der Waals surface area contributed by atoms with E-state index in [2.05, 4.69) is 4.98 Å². The lowest BCUT2D eigenvalue weighted by molar-refractivity contribution is -0.143. The van der Waals surface area contributed by atoms with Gasteiger partial charge in [0.05, 0.1) is 18.6 Å². The Morgan fingerprint density at radius 1 is 1.40 bits per heavy atom. The molecular weight excluding hydrogens is 263 g/mol. The third-order valence-electron chi connectivity index (χ3n) is 2.63. The summed E-state index contributed by atoms with van der Waals surface area (Å²) in [7, 11) is 0. The van der Waals surface area contributed by atoms with Crippen LogP contribution < -0.4 is 5.56 Å². The minimum atomic E-state index is -0.518. The molecule has 5 nitrogen and oxygen atoms in total. The number of esters is 1. The van der Waals surface area contributed by atoms with Crippen LogP contribution in [0.2, 0.25) is 0 Å². The molecule has 1 aromatic heterocycles. The summed E-state index contributed by atoms with van der Waals surface area (Å²) >= 11 is 0. The van der Waals surface area contributed by atoms with Crippen molar-refractivity contribution in [2.45, 2.75) is 13.5 Å². The van der Waals surface area contributed by atoms with Gasteiger partial charge in [-0.2, -0.15) is 0 Å². The summed E-state index contributed by atoms with van der Waals surface area (Å²) in [4.78, 5) is 27.2. The number of nitrogens with zero attached hydrogens (tertiary/aromatic N) is 2. The van der Waals surface area contributed by atoms with E-state index < -0.39 is 17.3 Å². The zero-order chi connectivity index (χ0) is 14.5. The quantitative estimate of drug-likeness (QED) is 0.796. The number of halogens is 1. The van der Waals surface area contributed by atoms with Crippen molar-refractivity contribution in [1.82, 2.24) is 9.55 Å². The average Bonchev–Trinajstić information content (AvgIpc) is 2.42. The van der Waals surface area contributed by atoms with Gasteiger partial charge in [-0.25, -0.2) is 9.37 Å². The van der Waals surface area contributed by atoms with Crippen molar-refractivity contribution in [3.63, 3.8) is 0 Å². The Bertz CT molecular complexity index is 682. The standard InChI is InChI=1S/C14H13FN2O3/c1-2-20-14(19)8-17-9-16-12(7-13(17)18)10-5-3-4-6-11(10)15/h3-7,9H,2,8H2,1H3. The van der Waals surface area contributed by atoms with E-state index in [4.69, 9.17) is 4.74 Å². The maximum absolute atomic E-state index is 13.6. The largest absolute Gasteiger partial charge is 0.465 e. The number of hydrogen-bond donors (Lipinski definition) is 0. The lowest BCUT2D eigenvalue weighted by atomic mass is 10.1. The fourth-order valence-electron chi connectivity index (χ4n) is 1.71. The predicted octanol–water partition coefficient (Wildman–Crippen LogP) is 1.61. The molecule has 6 heteroatoms. The third kappa shape index (κ3) is 3.09. The van der Waals surface area contributed by atoms with E-state index in [0.717, 1.165) is 4.57 Å². The van der Waals surface area contributed by atoms with Gasteiger partial charge < -0.3 is 4.74 Å². The van der Waals surface area contributed by atoms with Gasteiger partial charge in [-0.3, -0.25) is 14.2 Å². The van der Waals surface area contributed by atoms with Crippen molar-refractivity contribution in [3.05, 3.63) is 52.8 Å². The molecule has 1 aromatic carbocycles. The Labute approximate surface area is 114 Å². The SMILES string of the molecule is CCOC(=O)Cn1cnc(-c2ccccc2F)cc1=O. The summed E-state index contributed by atoms with van der Waals surface area (Å²) in [5.41, 5.74) is 0.0346. The van der Waals surface area contributed by atoms with Crippen LogP contribution in [0, 0.1) is 5.82 Å². The summed E-state index contributed by atoms with van der Waals surface area (Å²) in [6.45, 7) is 1.71. The molecule has 0 saturated heterocycles. The van der Waals surface area contributed by atoms with Crippen LogP contribution in [0.4, 0.5) is 4.39 Å². The minimum absolute atomic E-state index is 0.211. The summed E-state index contributed by atoms with van der Waals surface area (Å²) in [5, 5.41) is 0. The molecule has 0 aliphatic heterocycles. The van der Waals surface area contributed by atoms with E-state index in [9.17, 15) is 14.0 Å². The molecule has 1 heterocycles.